The number of rotatable bonds is 8. The van der Waals surface area contributed by atoms with E-state index in [1.54, 1.807) is 24.3 Å². The largest absolute Gasteiger partial charge is 0.494 e. The van der Waals surface area contributed by atoms with Gasteiger partial charge in [0.2, 0.25) is 15.8 Å². The van der Waals surface area contributed by atoms with E-state index < -0.39 is 22.1 Å². The molecule has 0 saturated carbocycles. The Kier molecular flexibility index (Phi) is 7.88. The molecule has 1 saturated heterocycles. The van der Waals surface area contributed by atoms with E-state index in [-0.39, 0.29) is 41.5 Å². The first-order valence-electron chi connectivity index (χ1n) is 10.9. The fourth-order valence-electron chi connectivity index (χ4n) is 3.64. The zero-order valence-corrected chi connectivity index (χ0v) is 20.0. The molecular weight excluding hydrogens is 446 g/mol. The van der Waals surface area contributed by atoms with E-state index in [4.69, 9.17) is 14.2 Å². The van der Waals surface area contributed by atoms with E-state index in [1.807, 2.05) is 20.8 Å². The van der Waals surface area contributed by atoms with Gasteiger partial charge in [-0.3, -0.25) is 4.79 Å². The fraction of sp³-hybridized carbons (Fsp3) is 0.417. The second-order valence-electron chi connectivity index (χ2n) is 7.97. The summed E-state index contributed by atoms with van der Waals surface area (Å²) >= 11 is 0. The van der Waals surface area contributed by atoms with E-state index >= 15 is 0 Å². The van der Waals surface area contributed by atoms with Crippen LogP contribution in [0.4, 0.5) is 0 Å². The Morgan fingerprint density at radius 3 is 2.09 bits per heavy atom. The van der Waals surface area contributed by atoms with Crippen LogP contribution in [0.3, 0.4) is 0 Å². The van der Waals surface area contributed by atoms with Gasteiger partial charge >= 0.3 is 5.97 Å². The van der Waals surface area contributed by atoms with E-state index in [0.717, 1.165) is 0 Å². The molecule has 8 nitrogen and oxygen atoms in total. The second-order valence-corrected chi connectivity index (χ2v) is 9.91. The smallest absolute Gasteiger partial charge is 0.338 e. The van der Waals surface area contributed by atoms with Crippen molar-refractivity contribution in [3.05, 3.63) is 59.7 Å². The first kappa shape index (κ1) is 24.9. The molecule has 1 heterocycles. The van der Waals surface area contributed by atoms with Crippen molar-refractivity contribution >= 4 is 21.8 Å². The molecule has 2 aromatic carbocycles. The molecule has 0 bridgehead atoms. The topological polar surface area (TPSA) is 99.2 Å². The molecule has 178 valence electrons. The number of nitrogens with zero attached hydrogens (tertiary/aromatic N) is 1. The summed E-state index contributed by atoms with van der Waals surface area (Å²) in [6.07, 6.45) is -1.41. The molecule has 3 rings (SSSR count). The summed E-state index contributed by atoms with van der Waals surface area (Å²) in [6.45, 7) is 8.07. The van der Waals surface area contributed by atoms with Crippen LogP contribution in [0.2, 0.25) is 0 Å². The van der Waals surface area contributed by atoms with Crippen LogP contribution in [-0.2, 0) is 19.5 Å². The number of morpholine rings is 1. The fourth-order valence-corrected chi connectivity index (χ4v) is 5.23. The van der Waals surface area contributed by atoms with Crippen molar-refractivity contribution in [2.24, 2.45) is 0 Å². The number of sulfonamides is 1. The predicted octanol–water partition coefficient (Wildman–Crippen LogP) is 3.31. The van der Waals surface area contributed by atoms with Crippen molar-refractivity contribution in [1.29, 1.82) is 0 Å². The number of ether oxygens (including phenoxy) is 3. The van der Waals surface area contributed by atoms with Gasteiger partial charge in [0.05, 0.1) is 29.3 Å². The number of hydrogen-bond acceptors (Lipinski definition) is 7. The lowest BCUT2D eigenvalue weighted by Gasteiger charge is -2.34. The highest BCUT2D eigenvalue weighted by Crippen LogP contribution is 2.22. The molecular formula is C24H29NO7S. The highest BCUT2D eigenvalue weighted by Gasteiger charge is 2.32. The van der Waals surface area contributed by atoms with Crippen LogP contribution in [0.25, 0.3) is 0 Å². The highest BCUT2D eigenvalue weighted by molar-refractivity contribution is 7.89. The van der Waals surface area contributed by atoms with Crippen LogP contribution >= 0.6 is 0 Å². The average Bonchev–Trinajstić information content (AvgIpc) is 2.78. The van der Waals surface area contributed by atoms with Crippen LogP contribution in [0, 0.1) is 0 Å². The number of benzene rings is 2. The molecule has 2 aromatic rings. The second kappa shape index (κ2) is 10.5. The Morgan fingerprint density at radius 2 is 1.55 bits per heavy atom. The van der Waals surface area contributed by atoms with Gasteiger partial charge in [-0.05, 0) is 76.2 Å². The van der Waals surface area contributed by atoms with Crippen LogP contribution < -0.4 is 4.74 Å². The Balaban J connectivity index is 1.65. The molecule has 1 aliphatic rings. The lowest BCUT2D eigenvalue weighted by Crippen LogP contribution is -2.48. The van der Waals surface area contributed by atoms with Gasteiger partial charge in [-0.2, -0.15) is 4.31 Å². The molecule has 0 N–H and O–H groups in total. The highest BCUT2D eigenvalue weighted by atomic mass is 32.2. The molecule has 9 heteroatoms. The molecule has 3 unspecified atom stereocenters. The molecule has 0 radical (unpaired) electrons. The number of Topliss-reactive ketones (excluding diaryl/α,β-unsaturated/α-hetero) is 1. The van der Waals surface area contributed by atoms with E-state index in [1.165, 1.54) is 35.5 Å². The monoisotopic (exact) mass is 475 g/mol. The SMILES string of the molecule is CCOc1ccc(C(=O)C(C)OC(=O)c2ccc(S(=O)(=O)N3CC(C)OC(C)C3)cc2)cc1. The summed E-state index contributed by atoms with van der Waals surface area (Å²) in [6, 6.07) is 12.1. The van der Waals surface area contributed by atoms with Crippen molar-refractivity contribution in [2.45, 2.75) is 50.9 Å². The zero-order chi connectivity index (χ0) is 24.2. The van der Waals surface area contributed by atoms with Gasteiger partial charge < -0.3 is 14.2 Å². The third-order valence-electron chi connectivity index (χ3n) is 5.22. The van der Waals surface area contributed by atoms with Crippen molar-refractivity contribution in [1.82, 2.24) is 4.31 Å². The minimum atomic E-state index is -3.71. The predicted molar refractivity (Wildman–Crippen MR) is 122 cm³/mol. The summed E-state index contributed by atoms with van der Waals surface area (Å²) in [4.78, 5) is 25.2. The third-order valence-corrected chi connectivity index (χ3v) is 7.06. The Hall–Kier alpha value is -2.75. The number of esters is 1. The Bertz CT molecular complexity index is 1070. The number of ketones is 1. The summed E-state index contributed by atoms with van der Waals surface area (Å²) in [7, 11) is -3.71. The van der Waals surface area contributed by atoms with Gasteiger partial charge in [0.1, 0.15) is 5.75 Å². The van der Waals surface area contributed by atoms with Gasteiger partial charge in [-0.25, -0.2) is 13.2 Å². The molecule has 0 amide bonds. The summed E-state index contributed by atoms with van der Waals surface area (Å²) < 4.78 is 43.5. The molecule has 1 aliphatic heterocycles. The van der Waals surface area contributed by atoms with Crippen LogP contribution in [0.5, 0.6) is 5.75 Å². The molecule has 0 spiro atoms. The lowest BCUT2D eigenvalue weighted by atomic mass is 10.1. The summed E-state index contributed by atoms with van der Waals surface area (Å²) in [5, 5.41) is 0. The Morgan fingerprint density at radius 1 is 1.00 bits per heavy atom. The molecule has 3 atom stereocenters. The average molecular weight is 476 g/mol. The van der Waals surface area contributed by atoms with Crippen molar-refractivity contribution in [3.63, 3.8) is 0 Å². The molecule has 0 aliphatic carbocycles. The van der Waals surface area contributed by atoms with Crippen molar-refractivity contribution < 1.29 is 32.2 Å². The third kappa shape index (κ3) is 5.98. The molecule has 0 aromatic heterocycles. The van der Waals surface area contributed by atoms with Gasteiger partial charge in [-0.15, -0.1) is 0 Å². The normalized spacial score (nSPS) is 20.1. The number of hydrogen-bond donors (Lipinski definition) is 0. The molecule has 33 heavy (non-hydrogen) atoms. The zero-order valence-electron chi connectivity index (χ0n) is 19.2. The van der Waals surface area contributed by atoms with E-state index in [2.05, 4.69) is 0 Å². The minimum absolute atomic E-state index is 0.0823. The first-order valence-corrected chi connectivity index (χ1v) is 12.3. The quantitative estimate of drug-likeness (QED) is 0.427. The van der Waals surface area contributed by atoms with Crippen LogP contribution in [0.1, 0.15) is 48.4 Å². The standard InChI is InChI=1S/C24H29NO7S/c1-5-30-21-10-6-19(7-11-21)23(26)18(4)32-24(27)20-8-12-22(13-9-20)33(28,29)25-14-16(2)31-17(3)15-25/h6-13,16-18H,5,14-15H2,1-4H3. The van der Waals surface area contributed by atoms with Gasteiger partial charge in [-0.1, -0.05) is 0 Å². The van der Waals surface area contributed by atoms with E-state index in [9.17, 15) is 18.0 Å². The Labute approximate surface area is 194 Å². The summed E-state index contributed by atoms with van der Waals surface area (Å²) in [5.41, 5.74) is 0.554. The van der Waals surface area contributed by atoms with Crippen molar-refractivity contribution in [3.8, 4) is 5.75 Å². The van der Waals surface area contributed by atoms with Gasteiger partial charge in [0.25, 0.3) is 0 Å². The first-order chi connectivity index (χ1) is 15.6. The van der Waals surface area contributed by atoms with Crippen LogP contribution in [0.15, 0.2) is 53.4 Å². The maximum absolute atomic E-state index is 12.9. The van der Waals surface area contributed by atoms with Crippen LogP contribution in [-0.4, -0.2) is 62.5 Å². The van der Waals surface area contributed by atoms with Crippen molar-refractivity contribution in [2.75, 3.05) is 19.7 Å². The van der Waals surface area contributed by atoms with E-state index in [0.29, 0.717) is 17.9 Å². The summed E-state index contributed by atoms with van der Waals surface area (Å²) in [5.74, 6) is -0.407. The van der Waals surface area contributed by atoms with Gasteiger partial charge in [0, 0.05) is 18.7 Å². The lowest BCUT2D eigenvalue weighted by molar-refractivity contribution is -0.0440. The minimum Gasteiger partial charge on any atom is -0.494 e. The maximum atomic E-state index is 12.9. The van der Waals surface area contributed by atoms with Gasteiger partial charge in [0.15, 0.2) is 6.10 Å². The number of carbonyl (C=O) groups is 2. The maximum Gasteiger partial charge on any atom is 0.338 e. The number of carbonyl (C=O) groups excluding carboxylic acids is 2. The molecule has 1 fully saturated rings.